The van der Waals surface area contributed by atoms with Crippen molar-refractivity contribution >= 4 is 7.82 Å². The van der Waals surface area contributed by atoms with Gasteiger partial charge in [0.2, 0.25) is 0 Å². The van der Waals surface area contributed by atoms with Gasteiger partial charge in [-0.25, -0.2) is 4.57 Å². The molecule has 23 heavy (non-hydrogen) atoms. The van der Waals surface area contributed by atoms with Crippen LogP contribution in [0, 0.1) is 0 Å². The lowest BCUT2D eigenvalue weighted by molar-refractivity contribution is 0.164. The number of phosphoric acid groups is 1. The van der Waals surface area contributed by atoms with E-state index in [4.69, 9.17) is 9.79 Å². The van der Waals surface area contributed by atoms with E-state index in [9.17, 15) is 19.9 Å². The molecule has 1 unspecified atom stereocenters. The Morgan fingerprint density at radius 3 is 2.22 bits per heavy atom. The Morgan fingerprint density at radius 1 is 1.00 bits per heavy atom. The van der Waals surface area contributed by atoms with E-state index in [1.54, 1.807) is 12.1 Å². The van der Waals surface area contributed by atoms with Gasteiger partial charge in [-0.15, -0.1) is 0 Å². The number of phosphoric ester groups is 1. The summed E-state index contributed by atoms with van der Waals surface area (Å²) in [5, 5.41) is 28.9. The fourth-order valence-corrected chi connectivity index (χ4v) is 2.54. The first-order valence-corrected chi connectivity index (χ1v) is 8.31. The first kappa shape index (κ1) is 17.3. The molecule has 0 aliphatic heterocycles. The summed E-state index contributed by atoms with van der Waals surface area (Å²) in [6.07, 6.45) is -0.281. The second-order valence-corrected chi connectivity index (χ2v) is 6.19. The predicted molar refractivity (Wildman–Crippen MR) is 82.2 cm³/mol. The largest absolute Gasteiger partial charge is 0.524 e. The van der Waals surface area contributed by atoms with Crippen molar-refractivity contribution in [2.24, 2.45) is 0 Å². The molecule has 5 N–H and O–H groups in total. The van der Waals surface area contributed by atoms with E-state index in [1.807, 2.05) is 0 Å². The van der Waals surface area contributed by atoms with Crippen molar-refractivity contribution in [3.8, 4) is 17.2 Å². The van der Waals surface area contributed by atoms with Gasteiger partial charge in [0.15, 0.2) is 0 Å². The lowest BCUT2D eigenvalue weighted by Crippen LogP contribution is -2.03. The zero-order valence-electron chi connectivity index (χ0n) is 12.0. The number of aromatic hydroxyl groups is 2. The highest BCUT2D eigenvalue weighted by molar-refractivity contribution is 7.46. The summed E-state index contributed by atoms with van der Waals surface area (Å²) in [5.41, 5.74) is 1.06. The van der Waals surface area contributed by atoms with Gasteiger partial charge in [0.25, 0.3) is 0 Å². The molecule has 124 valence electrons. The van der Waals surface area contributed by atoms with Crippen molar-refractivity contribution in [3.63, 3.8) is 0 Å². The summed E-state index contributed by atoms with van der Waals surface area (Å²) in [4.78, 5) is 17.8. The standard InChI is InChI=1S/C15H17O7P/c16-11-4-1-10(2-5-11)3-8-14(18)13-7-6-12(17)9-15(13)22-23(19,20)21/h1-2,4-7,9,14,16-18H,3,8H2,(H2,19,20,21). The van der Waals surface area contributed by atoms with Crippen molar-refractivity contribution in [1.29, 1.82) is 0 Å². The molecule has 0 spiro atoms. The molecular formula is C15H17O7P. The van der Waals surface area contributed by atoms with Crippen LogP contribution in [0.25, 0.3) is 0 Å². The minimum absolute atomic E-state index is 0.144. The molecule has 0 amide bonds. The molecule has 0 radical (unpaired) electrons. The molecule has 0 aliphatic carbocycles. The lowest BCUT2D eigenvalue weighted by atomic mass is 10.0. The van der Waals surface area contributed by atoms with E-state index in [2.05, 4.69) is 4.52 Å². The molecule has 2 aromatic carbocycles. The van der Waals surface area contributed by atoms with Gasteiger partial charge in [-0.05, 0) is 42.7 Å². The Kier molecular flexibility index (Phi) is 5.28. The van der Waals surface area contributed by atoms with E-state index in [1.165, 1.54) is 24.3 Å². The van der Waals surface area contributed by atoms with Crippen LogP contribution in [-0.2, 0) is 11.0 Å². The zero-order chi connectivity index (χ0) is 17.0. The van der Waals surface area contributed by atoms with Crippen LogP contribution in [0.15, 0.2) is 42.5 Å². The fourth-order valence-electron chi connectivity index (χ4n) is 2.13. The number of hydrogen-bond donors (Lipinski definition) is 5. The van der Waals surface area contributed by atoms with Crippen molar-refractivity contribution in [2.45, 2.75) is 18.9 Å². The Morgan fingerprint density at radius 2 is 1.61 bits per heavy atom. The maximum Gasteiger partial charge on any atom is 0.524 e. The predicted octanol–water partition coefficient (Wildman–Crippen LogP) is 2.24. The van der Waals surface area contributed by atoms with Gasteiger partial charge in [-0.3, -0.25) is 9.79 Å². The summed E-state index contributed by atoms with van der Waals surface area (Å²) in [7, 11) is -4.81. The number of aryl methyl sites for hydroxylation is 1. The smallest absolute Gasteiger partial charge is 0.508 e. The highest BCUT2D eigenvalue weighted by Gasteiger charge is 2.22. The Balaban J connectivity index is 2.13. The Hall–Kier alpha value is -2.05. The van der Waals surface area contributed by atoms with Crippen LogP contribution in [0.3, 0.4) is 0 Å². The van der Waals surface area contributed by atoms with Gasteiger partial charge < -0.3 is 19.8 Å². The van der Waals surface area contributed by atoms with Crippen LogP contribution in [0.4, 0.5) is 0 Å². The second-order valence-electron chi connectivity index (χ2n) is 5.02. The van der Waals surface area contributed by atoms with Crippen molar-refractivity contribution < 1.29 is 34.2 Å². The molecule has 2 aromatic rings. The maximum absolute atomic E-state index is 11.0. The van der Waals surface area contributed by atoms with Gasteiger partial charge in [0.1, 0.15) is 17.2 Å². The quantitative estimate of drug-likeness (QED) is 0.510. The van der Waals surface area contributed by atoms with E-state index >= 15 is 0 Å². The van der Waals surface area contributed by atoms with Crippen molar-refractivity contribution in [3.05, 3.63) is 53.6 Å². The van der Waals surface area contributed by atoms with Gasteiger partial charge in [-0.1, -0.05) is 12.1 Å². The monoisotopic (exact) mass is 340 g/mol. The molecule has 7 nitrogen and oxygen atoms in total. The number of rotatable bonds is 6. The molecule has 0 aliphatic rings. The molecule has 0 aromatic heterocycles. The number of phenols is 2. The molecule has 0 saturated carbocycles. The molecule has 2 rings (SSSR count). The van der Waals surface area contributed by atoms with Gasteiger partial charge in [0.05, 0.1) is 6.10 Å². The maximum atomic E-state index is 11.0. The summed E-state index contributed by atoms with van der Waals surface area (Å²) in [6, 6.07) is 10.2. The minimum Gasteiger partial charge on any atom is -0.508 e. The average molecular weight is 340 g/mol. The molecule has 0 bridgehead atoms. The summed E-state index contributed by atoms with van der Waals surface area (Å²) >= 11 is 0. The van der Waals surface area contributed by atoms with Gasteiger partial charge >= 0.3 is 7.82 Å². The third kappa shape index (κ3) is 5.26. The van der Waals surface area contributed by atoms with Crippen LogP contribution in [0.5, 0.6) is 17.2 Å². The number of benzene rings is 2. The molecule has 8 heteroatoms. The van der Waals surface area contributed by atoms with Crippen molar-refractivity contribution in [2.75, 3.05) is 0 Å². The highest BCUT2D eigenvalue weighted by atomic mass is 31.2. The third-order valence-corrected chi connectivity index (χ3v) is 3.65. The van der Waals surface area contributed by atoms with E-state index in [0.717, 1.165) is 11.6 Å². The summed E-state index contributed by atoms with van der Waals surface area (Å²) < 4.78 is 15.5. The Bertz CT molecular complexity index is 708. The van der Waals surface area contributed by atoms with Crippen LogP contribution in [-0.4, -0.2) is 25.1 Å². The van der Waals surface area contributed by atoms with Crippen LogP contribution in [0.1, 0.15) is 23.7 Å². The van der Waals surface area contributed by atoms with Gasteiger partial charge in [0, 0.05) is 11.6 Å². The van der Waals surface area contributed by atoms with Crippen LogP contribution >= 0.6 is 7.82 Å². The number of aliphatic hydroxyl groups excluding tert-OH is 1. The molecule has 0 heterocycles. The van der Waals surface area contributed by atoms with Crippen molar-refractivity contribution in [1.82, 2.24) is 0 Å². The molecular weight excluding hydrogens is 323 g/mol. The van der Waals surface area contributed by atoms with E-state index in [-0.39, 0.29) is 29.2 Å². The number of phenolic OH excluding ortho intramolecular Hbond substituents is 2. The SMILES string of the molecule is O=P(O)(O)Oc1cc(O)ccc1C(O)CCc1ccc(O)cc1. The second kappa shape index (κ2) is 7.02. The average Bonchev–Trinajstić information content (AvgIpc) is 2.45. The number of hydrogen-bond acceptors (Lipinski definition) is 5. The van der Waals surface area contributed by atoms with E-state index in [0.29, 0.717) is 6.42 Å². The summed E-state index contributed by atoms with van der Waals surface area (Å²) in [5.74, 6) is -0.357. The minimum atomic E-state index is -4.81. The third-order valence-electron chi connectivity index (χ3n) is 3.22. The first-order valence-electron chi connectivity index (χ1n) is 6.78. The molecule has 0 fully saturated rings. The number of aliphatic hydroxyl groups is 1. The normalized spacial score (nSPS) is 12.8. The van der Waals surface area contributed by atoms with Gasteiger partial charge in [-0.2, -0.15) is 0 Å². The zero-order valence-corrected chi connectivity index (χ0v) is 12.9. The van der Waals surface area contributed by atoms with Crippen LogP contribution in [0.2, 0.25) is 0 Å². The lowest BCUT2D eigenvalue weighted by Gasteiger charge is -2.16. The first-order chi connectivity index (χ1) is 10.7. The van der Waals surface area contributed by atoms with Crippen LogP contribution < -0.4 is 4.52 Å². The molecule has 0 saturated heterocycles. The topological polar surface area (TPSA) is 127 Å². The highest BCUT2D eigenvalue weighted by Crippen LogP contribution is 2.42. The van der Waals surface area contributed by atoms with E-state index < -0.39 is 13.9 Å². The molecule has 1 atom stereocenters. The summed E-state index contributed by atoms with van der Waals surface area (Å²) in [6.45, 7) is 0. The Labute approximate surface area is 132 Å². The fraction of sp³-hybridized carbons (Fsp3) is 0.200.